The molecule has 2 N–H and O–H groups in total. The number of hydrogen-bond donors (Lipinski definition) is 2. The predicted octanol–water partition coefficient (Wildman–Crippen LogP) is 4.56. The van der Waals surface area contributed by atoms with Gasteiger partial charge in [0.1, 0.15) is 5.82 Å². The lowest BCUT2D eigenvalue weighted by atomic mass is 9.98. The van der Waals surface area contributed by atoms with Gasteiger partial charge in [-0.05, 0) is 66.2 Å². The second-order valence-corrected chi connectivity index (χ2v) is 8.47. The first-order valence-corrected chi connectivity index (χ1v) is 10.4. The Morgan fingerprint density at radius 1 is 1.03 bits per heavy atom. The number of benzene rings is 2. The first-order valence-electron chi connectivity index (χ1n) is 9.62. The summed E-state index contributed by atoms with van der Waals surface area (Å²) in [6.07, 6.45) is 4.70. The smallest absolute Gasteiger partial charge is 0.256 e. The highest BCUT2D eigenvalue weighted by atomic mass is 32.1. The molecule has 5 rings (SSSR count). The number of thiazole rings is 1. The van der Waals surface area contributed by atoms with Crippen LogP contribution in [0.15, 0.2) is 54.9 Å². The highest BCUT2D eigenvalue weighted by molar-refractivity contribution is 7.15. The van der Waals surface area contributed by atoms with Crippen LogP contribution >= 0.6 is 11.3 Å². The summed E-state index contributed by atoms with van der Waals surface area (Å²) in [6, 6.07) is 14.1. The van der Waals surface area contributed by atoms with Crippen molar-refractivity contribution < 1.29 is 4.79 Å². The third-order valence-electron chi connectivity index (χ3n) is 5.22. The van der Waals surface area contributed by atoms with Crippen LogP contribution in [0.5, 0.6) is 0 Å². The number of aromatic nitrogens is 2. The van der Waals surface area contributed by atoms with Crippen LogP contribution in [0.25, 0.3) is 21.2 Å². The Labute approximate surface area is 172 Å². The Hall–Kier alpha value is -3.09. The average molecular weight is 401 g/mol. The Morgan fingerprint density at radius 3 is 2.83 bits per heavy atom. The molecule has 0 fully saturated rings. The lowest BCUT2D eigenvalue weighted by Gasteiger charge is -2.17. The number of hydrogen-bond acceptors (Lipinski definition) is 5. The summed E-state index contributed by atoms with van der Waals surface area (Å²) in [5, 5.41) is 9.40. The van der Waals surface area contributed by atoms with E-state index >= 15 is 0 Å². The summed E-state index contributed by atoms with van der Waals surface area (Å²) < 4.78 is 0. The molecule has 0 unspecified atom stereocenters. The first kappa shape index (κ1) is 18.0. The molecule has 3 heterocycles. The average Bonchev–Trinajstić information content (AvgIpc) is 3.19. The highest BCUT2D eigenvalue weighted by Gasteiger charge is 2.13. The van der Waals surface area contributed by atoms with E-state index in [1.54, 1.807) is 17.5 Å². The summed E-state index contributed by atoms with van der Waals surface area (Å²) in [4.78, 5) is 22.6. The van der Waals surface area contributed by atoms with E-state index in [-0.39, 0.29) is 5.91 Å². The van der Waals surface area contributed by atoms with Crippen molar-refractivity contribution in [1.82, 2.24) is 15.3 Å². The molecule has 0 saturated carbocycles. The number of amides is 1. The van der Waals surface area contributed by atoms with Crippen LogP contribution in [0.3, 0.4) is 0 Å². The summed E-state index contributed by atoms with van der Waals surface area (Å²) in [5.74, 6) is 0.412. The number of rotatable bonds is 3. The monoisotopic (exact) mass is 400 g/mol. The molecule has 5 nitrogen and oxygen atoms in total. The molecular weight excluding hydrogens is 380 g/mol. The molecule has 1 aliphatic rings. The Bertz CT molecular complexity index is 1230. The van der Waals surface area contributed by atoms with Gasteiger partial charge < -0.3 is 10.6 Å². The summed E-state index contributed by atoms with van der Waals surface area (Å²) in [5.41, 5.74) is 4.28. The van der Waals surface area contributed by atoms with Crippen LogP contribution in [0.1, 0.15) is 26.5 Å². The number of carbonyl (C=O) groups excluding carboxylic acids is 1. The minimum Gasteiger partial charge on any atom is -0.312 e. The predicted molar refractivity (Wildman–Crippen MR) is 117 cm³/mol. The molecule has 144 valence electrons. The van der Waals surface area contributed by atoms with Gasteiger partial charge in [0.15, 0.2) is 0 Å². The largest absolute Gasteiger partial charge is 0.312 e. The van der Waals surface area contributed by atoms with E-state index in [1.807, 2.05) is 31.3 Å². The lowest BCUT2D eigenvalue weighted by molar-refractivity contribution is 0.102. The van der Waals surface area contributed by atoms with Crippen LogP contribution in [-0.2, 0) is 13.0 Å². The second kappa shape index (κ2) is 7.39. The topological polar surface area (TPSA) is 66.9 Å². The number of carbonyl (C=O) groups is 1. The minimum absolute atomic E-state index is 0.139. The van der Waals surface area contributed by atoms with Gasteiger partial charge in [-0.3, -0.25) is 4.79 Å². The zero-order valence-electron chi connectivity index (χ0n) is 16.0. The second-order valence-electron chi connectivity index (χ2n) is 7.24. The highest BCUT2D eigenvalue weighted by Crippen LogP contribution is 2.29. The molecule has 0 radical (unpaired) electrons. The first-order chi connectivity index (χ1) is 14.2. The third-order valence-corrected chi connectivity index (χ3v) is 6.19. The molecule has 0 saturated heterocycles. The van der Waals surface area contributed by atoms with Gasteiger partial charge >= 0.3 is 0 Å². The molecule has 6 heteroatoms. The molecule has 0 spiro atoms. The molecule has 4 aromatic rings. The van der Waals surface area contributed by atoms with Gasteiger partial charge in [-0.25, -0.2) is 9.97 Å². The van der Waals surface area contributed by atoms with Crippen molar-refractivity contribution in [2.24, 2.45) is 0 Å². The zero-order chi connectivity index (χ0) is 19.8. The molecule has 1 amide bonds. The number of aryl methyl sites for hydroxylation is 1. The van der Waals surface area contributed by atoms with Gasteiger partial charge in [0, 0.05) is 29.9 Å². The van der Waals surface area contributed by atoms with Crippen molar-refractivity contribution in [3.05, 3.63) is 76.6 Å². The number of fused-ring (bicyclic) bond motifs is 2. The Kier molecular flexibility index (Phi) is 4.58. The van der Waals surface area contributed by atoms with Gasteiger partial charge in [0.2, 0.25) is 0 Å². The van der Waals surface area contributed by atoms with Crippen molar-refractivity contribution in [2.45, 2.75) is 19.9 Å². The molecular formula is C23H20N4OS. The number of nitrogens with one attached hydrogen (secondary N) is 2. The van der Waals surface area contributed by atoms with E-state index in [0.717, 1.165) is 45.7 Å². The SMILES string of the molecule is Cc1ncc(-c2ccc3cnc(NC(=O)c4ccc5c(c4)CNCC5)cc3c2)s1. The normalized spacial score (nSPS) is 13.3. The van der Waals surface area contributed by atoms with Gasteiger partial charge in [0.25, 0.3) is 5.91 Å². The summed E-state index contributed by atoms with van der Waals surface area (Å²) >= 11 is 1.67. The van der Waals surface area contributed by atoms with Crippen molar-refractivity contribution in [3.63, 3.8) is 0 Å². The number of anilines is 1. The van der Waals surface area contributed by atoms with Crippen LogP contribution in [0, 0.1) is 6.92 Å². The summed E-state index contributed by atoms with van der Waals surface area (Å²) in [7, 11) is 0. The maximum Gasteiger partial charge on any atom is 0.256 e. The summed E-state index contributed by atoms with van der Waals surface area (Å²) in [6.45, 7) is 3.80. The molecule has 29 heavy (non-hydrogen) atoms. The van der Waals surface area contributed by atoms with Gasteiger partial charge in [-0.2, -0.15) is 0 Å². The molecule has 0 atom stereocenters. The fourth-order valence-electron chi connectivity index (χ4n) is 3.67. The molecule has 0 aliphatic carbocycles. The Balaban J connectivity index is 1.42. The Morgan fingerprint density at radius 2 is 1.97 bits per heavy atom. The van der Waals surface area contributed by atoms with E-state index in [4.69, 9.17) is 0 Å². The maximum absolute atomic E-state index is 12.7. The maximum atomic E-state index is 12.7. The fraction of sp³-hybridized carbons (Fsp3) is 0.174. The van der Waals surface area contributed by atoms with Crippen molar-refractivity contribution >= 4 is 33.8 Å². The van der Waals surface area contributed by atoms with E-state index in [2.05, 4.69) is 44.9 Å². The van der Waals surface area contributed by atoms with Gasteiger partial charge in [-0.15, -0.1) is 11.3 Å². The van der Waals surface area contributed by atoms with E-state index in [0.29, 0.717) is 11.4 Å². The zero-order valence-corrected chi connectivity index (χ0v) is 16.8. The fourth-order valence-corrected chi connectivity index (χ4v) is 4.44. The van der Waals surface area contributed by atoms with Crippen LogP contribution in [0.2, 0.25) is 0 Å². The minimum atomic E-state index is -0.139. The van der Waals surface area contributed by atoms with Gasteiger partial charge in [0.05, 0.1) is 9.88 Å². The molecule has 2 aromatic heterocycles. The van der Waals surface area contributed by atoms with E-state index < -0.39 is 0 Å². The van der Waals surface area contributed by atoms with Gasteiger partial charge in [-0.1, -0.05) is 18.2 Å². The quantitative estimate of drug-likeness (QED) is 0.529. The number of nitrogens with zero attached hydrogens (tertiary/aromatic N) is 2. The molecule has 2 aromatic carbocycles. The van der Waals surface area contributed by atoms with Crippen molar-refractivity contribution in [2.75, 3.05) is 11.9 Å². The third kappa shape index (κ3) is 3.64. The van der Waals surface area contributed by atoms with Crippen molar-refractivity contribution in [3.8, 4) is 10.4 Å². The van der Waals surface area contributed by atoms with E-state index in [1.165, 1.54) is 11.1 Å². The molecule has 1 aliphatic heterocycles. The lowest BCUT2D eigenvalue weighted by Crippen LogP contribution is -2.24. The van der Waals surface area contributed by atoms with Crippen LogP contribution in [0.4, 0.5) is 5.82 Å². The number of pyridine rings is 1. The van der Waals surface area contributed by atoms with Crippen molar-refractivity contribution in [1.29, 1.82) is 0 Å². The van der Waals surface area contributed by atoms with Crippen LogP contribution < -0.4 is 10.6 Å². The van der Waals surface area contributed by atoms with Crippen LogP contribution in [-0.4, -0.2) is 22.4 Å². The molecule has 0 bridgehead atoms. The van der Waals surface area contributed by atoms with E-state index in [9.17, 15) is 4.79 Å². The standard InChI is InChI=1S/C23H20N4OS/c1-14-25-13-21(29-14)16-3-5-18-12-26-22(10-19(18)8-16)27-23(28)17-4-2-15-6-7-24-11-20(15)9-17/h2-5,8-10,12-13,24H,6-7,11H2,1H3,(H,26,27,28).